The molecule has 2 aromatic carbocycles. The van der Waals surface area contributed by atoms with Crippen LogP contribution >= 0.6 is 0 Å². The van der Waals surface area contributed by atoms with Gasteiger partial charge in [-0.15, -0.1) is 0 Å². The van der Waals surface area contributed by atoms with Gasteiger partial charge in [0.2, 0.25) is 0 Å². The molecule has 0 saturated heterocycles. The van der Waals surface area contributed by atoms with Gasteiger partial charge in [0.25, 0.3) is 0 Å². The Bertz CT molecular complexity index is 843. The molecule has 158 valence electrons. The molecule has 2 aromatic rings. The highest BCUT2D eigenvalue weighted by atomic mass is 16.6. The van der Waals surface area contributed by atoms with Crippen LogP contribution in [0.4, 0.5) is 0 Å². The van der Waals surface area contributed by atoms with Gasteiger partial charge >= 0.3 is 23.9 Å². The molecular formula is C22H22O8. The van der Waals surface area contributed by atoms with E-state index in [1.165, 1.54) is 24.3 Å². The Hall–Kier alpha value is -3.68. The van der Waals surface area contributed by atoms with Gasteiger partial charge in [-0.05, 0) is 38.1 Å². The molecule has 0 bridgehead atoms. The van der Waals surface area contributed by atoms with E-state index in [1.54, 1.807) is 38.1 Å². The van der Waals surface area contributed by atoms with E-state index in [0.29, 0.717) is 0 Å². The summed E-state index contributed by atoms with van der Waals surface area (Å²) in [5, 5.41) is 0. The molecule has 0 aliphatic heterocycles. The Kier molecular flexibility index (Phi) is 8.56. The predicted molar refractivity (Wildman–Crippen MR) is 105 cm³/mol. The molecule has 0 radical (unpaired) electrons. The van der Waals surface area contributed by atoms with E-state index < -0.39 is 23.9 Å². The summed E-state index contributed by atoms with van der Waals surface area (Å²) in [6.07, 6.45) is -0.560. The fraction of sp³-hybridized carbons (Fsp3) is 0.273. The number of benzene rings is 2. The number of carbonyl (C=O) groups is 4. The van der Waals surface area contributed by atoms with Crippen LogP contribution in [0.5, 0.6) is 11.5 Å². The van der Waals surface area contributed by atoms with Crippen LogP contribution in [0.15, 0.2) is 48.5 Å². The fourth-order valence-corrected chi connectivity index (χ4v) is 2.42. The first-order valence-corrected chi connectivity index (χ1v) is 9.39. The second-order valence-corrected chi connectivity index (χ2v) is 5.88. The van der Waals surface area contributed by atoms with Crippen LogP contribution in [0.2, 0.25) is 0 Å². The topological polar surface area (TPSA) is 105 Å². The van der Waals surface area contributed by atoms with Gasteiger partial charge < -0.3 is 18.9 Å². The van der Waals surface area contributed by atoms with Crippen molar-refractivity contribution in [1.29, 1.82) is 0 Å². The molecule has 0 N–H and O–H groups in total. The Balaban J connectivity index is 1.95. The third kappa shape index (κ3) is 6.44. The lowest BCUT2D eigenvalue weighted by molar-refractivity contribution is -0.140. The number of carbonyl (C=O) groups excluding carboxylic acids is 4. The Morgan fingerprint density at radius 1 is 0.633 bits per heavy atom. The van der Waals surface area contributed by atoms with E-state index in [4.69, 9.17) is 18.9 Å². The van der Waals surface area contributed by atoms with Gasteiger partial charge in [0.1, 0.15) is 22.6 Å². The summed E-state index contributed by atoms with van der Waals surface area (Å²) < 4.78 is 20.2. The number of para-hydroxylation sites is 2. The van der Waals surface area contributed by atoms with Crippen LogP contribution in [0.1, 0.15) is 47.4 Å². The summed E-state index contributed by atoms with van der Waals surface area (Å²) in [5.74, 6) is -2.58. The predicted octanol–water partition coefficient (Wildman–Crippen LogP) is 3.33. The maximum atomic E-state index is 12.1. The van der Waals surface area contributed by atoms with E-state index in [0.717, 1.165) is 0 Å². The monoisotopic (exact) mass is 414 g/mol. The summed E-state index contributed by atoms with van der Waals surface area (Å²) in [6.45, 7) is 3.69. The summed E-state index contributed by atoms with van der Waals surface area (Å²) >= 11 is 0. The van der Waals surface area contributed by atoms with Gasteiger partial charge in [-0.1, -0.05) is 24.3 Å². The summed E-state index contributed by atoms with van der Waals surface area (Å²) in [5.41, 5.74) is 0.220. The zero-order chi connectivity index (χ0) is 21.9. The first kappa shape index (κ1) is 22.6. The van der Waals surface area contributed by atoms with Gasteiger partial charge in [0, 0.05) is 0 Å². The highest BCUT2D eigenvalue weighted by Crippen LogP contribution is 2.21. The molecule has 0 amide bonds. The molecule has 0 aliphatic rings. The minimum Gasteiger partial charge on any atom is -0.462 e. The average Bonchev–Trinajstić information content (AvgIpc) is 2.73. The molecule has 0 unspecified atom stereocenters. The van der Waals surface area contributed by atoms with E-state index in [-0.39, 0.29) is 48.7 Å². The van der Waals surface area contributed by atoms with Crippen molar-refractivity contribution >= 4 is 23.9 Å². The number of rotatable bonds is 9. The highest BCUT2D eigenvalue weighted by molar-refractivity contribution is 5.94. The zero-order valence-corrected chi connectivity index (χ0v) is 16.7. The Morgan fingerprint density at radius 3 is 1.37 bits per heavy atom. The van der Waals surface area contributed by atoms with Crippen LogP contribution in [0.3, 0.4) is 0 Å². The van der Waals surface area contributed by atoms with Crippen molar-refractivity contribution in [3.8, 4) is 11.5 Å². The second-order valence-electron chi connectivity index (χ2n) is 5.88. The smallest absolute Gasteiger partial charge is 0.341 e. The number of esters is 4. The first-order chi connectivity index (χ1) is 14.5. The van der Waals surface area contributed by atoms with Gasteiger partial charge in [0.15, 0.2) is 0 Å². The zero-order valence-electron chi connectivity index (χ0n) is 16.7. The lowest BCUT2D eigenvalue weighted by Gasteiger charge is -2.10. The van der Waals surface area contributed by atoms with E-state index >= 15 is 0 Å². The van der Waals surface area contributed by atoms with Crippen molar-refractivity contribution in [2.45, 2.75) is 26.7 Å². The molecule has 2 rings (SSSR count). The SMILES string of the molecule is CCOC(=O)c1ccccc1OC(=O)CCC(=O)Oc1ccccc1C(=O)OCC. The summed E-state index contributed by atoms with van der Waals surface area (Å²) in [4.78, 5) is 48.1. The van der Waals surface area contributed by atoms with Crippen LogP contribution in [-0.2, 0) is 19.1 Å². The number of hydrogen-bond donors (Lipinski definition) is 0. The molecule has 8 heteroatoms. The van der Waals surface area contributed by atoms with Gasteiger partial charge in [-0.25, -0.2) is 9.59 Å². The largest absolute Gasteiger partial charge is 0.462 e. The molecule has 0 saturated carbocycles. The molecule has 0 spiro atoms. The van der Waals surface area contributed by atoms with Crippen molar-refractivity contribution in [2.75, 3.05) is 13.2 Å². The first-order valence-electron chi connectivity index (χ1n) is 9.39. The Morgan fingerprint density at radius 2 is 1.00 bits per heavy atom. The minimum absolute atomic E-state index is 0.0435. The third-order valence-corrected chi connectivity index (χ3v) is 3.75. The summed E-state index contributed by atoms with van der Waals surface area (Å²) in [6, 6.07) is 12.3. The van der Waals surface area contributed by atoms with Crippen LogP contribution in [0.25, 0.3) is 0 Å². The standard InChI is InChI=1S/C22H22O8/c1-3-27-21(25)15-9-5-7-11-17(15)29-19(23)13-14-20(24)30-18-12-8-6-10-16(18)22(26)28-4-2/h5-12H,3-4,13-14H2,1-2H3. The van der Waals surface area contributed by atoms with Crippen molar-refractivity contribution in [1.82, 2.24) is 0 Å². The maximum absolute atomic E-state index is 12.1. The second kappa shape index (κ2) is 11.4. The molecule has 0 aromatic heterocycles. The lowest BCUT2D eigenvalue weighted by Crippen LogP contribution is -2.17. The normalized spacial score (nSPS) is 10.1. The third-order valence-electron chi connectivity index (χ3n) is 3.75. The van der Waals surface area contributed by atoms with Gasteiger partial charge in [-0.2, -0.15) is 0 Å². The molecule has 8 nitrogen and oxygen atoms in total. The molecule has 30 heavy (non-hydrogen) atoms. The average molecular weight is 414 g/mol. The maximum Gasteiger partial charge on any atom is 0.341 e. The van der Waals surface area contributed by atoms with Gasteiger partial charge in [-0.3, -0.25) is 9.59 Å². The quantitative estimate of drug-likeness (QED) is 0.454. The Labute approximate surface area is 173 Å². The van der Waals surface area contributed by atoms with E-state index in [2.05, 4.69) is 0 Å². The molecule has 0 heterocycles. The van der Waals surface area contributed by atoms with Gasteiger partial charge in [0.05, 0.1) is 26.1 Å². The van der Waals surface area contributed by atoms with Crippen molar-refractivity contribution in [2.24, 2.45) is 0 Å². The number of hydrogen-bond acceptors (Lipinski definition) is 8. The fourth-order valence-electron chi connectivity index (χ4n) is 2.42. The minimum atomic E-state index is -0.720. The lowest BCUT2D eigenvalue weighted by atomic mass is 10.2. The molecule has 0 aliphatic carbocycles. The van der Waals surface area contributed by atoms with Crippen molar-refractivity contribution in [3.05, 3.63) is 59.7 Å². The summed E-state index contributed by atoms with van der Waals surface area (Å²) in [7, 11) is 0. The van der Waals surface area contributed by atoms with Crippen molar-refractivity contribution < 1.29 is 38.1 Å². The van der Waals surface area contributed by atoms with E-state index in [9.17, 15) is 19.2 Å². The van der Waals surface area contributed by atoms with Crippen LogP contribution in [0, 0.1) is 0 Å². The molecule has 0 atom stereocenters. The van der Waals surface area contributed by atoms with Crippen LogP contribution in [-0.4, -0.2) is 37.1 Å². The van der Waals surface area contributed by atoms with E-state index in [1.807, 2.05) is 0 Å². The number of ether oxygens (including phenoxy) is 4. The molecular weight excluding hydrogens is 392 g/mol. The van der Waals surface area contributed by atoms with Crippen molar-refractivity contribution in [3.63, 3.8) is 0 Å². The molecule has 0 fully saturated rings. The van der Waals surface area contributed by atoms with Crippen LogP contribution < -0.4 is 9.47 Å². The highest BCUT2D eigenvalue weighted by Gasteiger charge is 2.19.